The standard InChI is InChI=1S/C26H26FN3OS/c1-17(30-32(31)26(2,3)4)25-23(18-10-6-5-7-11-18)24(22-12-8-9-15-28-22)20-16-19(27)13-14-21(20)29-25/h5-17,30H,1-4H3/t17?,32-/m0/s1. The van der Waals surface area contributed by atoms with Crippen molar-refractivity contribution in [1.82, 2.24) is 14.7 Å². The van der Waals surface area contributed by atoms with Gasteiger partial charge in [0.1, 0.15) is 10.6 Å². The van der Waals surface area contributed by atoms with Gasteiger partial charge in [-0.3, -0.25) is 9.97 Å². The molecule has 2 atom stereocenters. The van der Waals surface area contributed by atoms with E-state index in [2.05, 4.69) is 9.71 Å². The number of nitrogens with one attached hydrogen (secondary N) is 1. The van der Waals surface area contributed by atoms with Gasteiger partial charge in [-0.2, -0.15) is 0 Å². The molecule has 2 aromatic heterocycles. The average molecular weight is 448 g/mol. The molecule has 2 heterocycles. The highest BCUT2D eigenvalue weighted by Gasteiger charge is 2.31. The van der Waals surface area contributed by atoms with E-state index < -0.39 is 16.1 Å². The molecule has 4 nitrogen and oxygen atoms in total. The topological polar surface area (TPSA) is 60.9 Å². The number of hydrogen-bond acceptors (Lipinski definition) is 4. The molecule has 0 saturated heterocycles. The Labute approximate surface area is 191 Å². The van der Waals surface area contributed by atoms with Gasteiger partial charge in [0.05, 0.1) is 22.9 Å². The van der Waals surface area contributed by atoms with Crippen molar-refractivity contribution in [3.63, 3.8) is 0 Å². The van der Waals surface area contributed by atoms with Gasteiger partial charge in [-0.1, -0.05) is 36.4 Å². The Bertz CT molecular complexity index is 1230. The lowest BCUT2D eigenvalue weighted by Gasteiger charge is -2.28. The van der Waals surface area contributed by atoms with Crippen molar-refractivity contribution in [3.05, 3.63) is 84.4 Å². The first-order chi connectivity index (χ1) is 15.3. The highest BCUT2D eigenvalue weighted by molar-refractivity contribution is 7.90. The van der Waals surface area contributed by atoms with Crippen LogP contribution in [-0.2, 0) is 11.4 Å². The van der Waals surface area contributed by atoms with Crippen molar-refractivity contribution < 1.29 is 8.94 Å². The molecule has 0 aliphatic carbocycles. The SMILES string of the molecule is CC(N[S@@+]([O-])C(C)(C)C)c1nc2ccc(F)cc2c(-c2ccccn2)c1-c1ccccc1. The molecule has 0 saturated carbocycles. The maximum absolute atomic E-state index is 14.3. The maximum atomic E-state index is 14.3. The molecular formula is C26H26FN3OS. The van der Waals surface area contributed by atoms with E-state index in [0.717, 1.165) is 28.1 Å². The van der Waals surface area contributed by atoms with Crippen LogP contribution in [0.1, 0.15) is 39.4 Å². The van der Waals surface area contributed by atoms with Gasteiger partial charge in [-0.25, -0.2) is 4.39 Å². The summed E-state index contributed by atoms with van der Waals surface area (Å²) in [5, 5.41) is 0.690. The summed E-state index contributed by atoms with van der Waals surface area (Å²) in [6.07, 6.45) is 1.73. The van der Waals surface area contributed by atoms with Crippen LogP contribution in [0.2, 0.25) is 0 Å². The largest absolute Gasteiger partial charge is 0.598 e. The summed E-state index contributed by atoms with van der Waals surface area (Å²) in [6.45, 7) is 7.74. The van der Waals surface area contributed by atoms with E-state index in [9.17, 15) is 8.94 Å². The first kappa shape index (κ1) is 22.4. The maximum Gasteiger partial charge on any atom is 0.136 e. The van der Waals surface area contributed by atoms with Crippen molar-refractivity contribution in [2.24, 2.45) is 0 Å². The normalized spacial score (nSPS) is 13.8. The summed E-state index contributed by atoms with van der Waals surface area (Å²) in [4.78, 5) is 9.51. The van der Waals surface area contributed by atoms with Crippen LogP contribution in [0.5, 0.6) is 0 Å². The Kier molecular flexibility index (Phi) is 6.29. The summed E-state index contributed by atoms with van der Waals surface area (Å²) in [7, 11) is 0. The predicted molar refractivity (Wildman–Crippen MR) is 130 cm³/mol. The second-order valence-corrected chi connectivity index (χ2v) is 10.7. The highest BCUT2D eigenvalue weighted by Crippen LogP contribution is 2.41. The minimum absolute atomic E-state index is 0.317. The molecule has 32 heavy (non-hydrogen) atoms. The lowest BCUT2D eigenvalue weighted by molar-refractivity contribution is 0.529. The Hall–Kier alpha value is -2.80. The van der Waals surface area contributed by atoms with Gasteiger partial charge < -0.3 is 4.55 Å². The lowest BCUT2D eigenvalue weighted by atomic mass is 9.90. The van der Waals surface area contributed by atoms with E-state index in [1.807, 2.05) is 76.2 Å². The third-order valence-corrected chi connectivity index (χ3v) is 6.89. The summed E-state index contributed by atoms with van der Waals surface area (Å²) in [5.74, 6) is -0.330. The molecule has 2 aromatic carbocycles. The van der Waals surface area contributed by atoms with E-state index >= 15 is 0 Å². The minimum Gasteiger partial charge on any atom is -0.598 e. The van der Waals surface area contributed by atoms with Crippen LogP contribution < -0.4 is 4.72 Å². The fourth-order valence-electron chi connectivity index (χ4n) is 3.63. The molecular weight excluding hydrogens is 421 g/mol. The minimum atomic E-state index is -1.29. The van der Waals surface area contributed by atoms with Crippen LogP contribution in [0.4, 0.5) is 4.39 Å². The van der Waals surface area contributed by atoms with E-state index in [1.54, 1.807) is 12.3 Å². The zero-order valence-corrected chi connectivity index (χ0v) is 19.4. The van der Waals surface area contributed by atoms with E-state index in [4.69, 9.17) is 4.98 Å². The molecule has 4 aromatic rings. The third kappa shape index (κ3) is 4.53. The van der Waals surface area contributed by atoms with E-state index in [1.165, 1.54) is 12.1 Å². The van der Waals surface area contributed by atoms with Crippen LogP contribution in [0, 0.1) is 5.82 Å². The average Bonchev–Trinajstić information content (AvgIpc) is 2.78. The van der Waals surface area contributed by atoms with Crippen LogP contribution in [0.15, 0.2) is 72.9 Å². The lowest BCUT2D eigenvalue weighted by Crippen LogP contribution is -2.40. The summed E-state index contributed by atoms with van der Waals surface area (Å²) in [5.41, 5.74) is 4.75. The van der Waals surface area contributed by atoms with Gasteiger partial charge in [0.15, 0.2) is 0 Å². The fraction of sp³-hybridized carbons (Fsp3) is 0.231. The number of fused-ring (bicyclic) bond motifs is 1. The van der Waals surface area contributed by atoms with Crippen molar-refractivity contribution in [2.45, 2.75) is 38.5 Å². The first-order valence-electron chi connectivity index (χ1n) is 10.5. The smallest absolute Gasteiger partial charge is 0.136 e. The third-order valence-electron chi connectivity index (χ3n) is 5.21. The van der Waals surface area contributed by atoms with Crippen molar-refractivity contribution in [1.29, 1.82) is 0 Å². The summed E-state index contributed by atoms with van der Waals surface area (Å²) in [6, 6.07) is 19.9. The molecule has 1 N–H and O–H groups in total. The van der Waals surface area contributed by atoms with Crippen molar-refractivity contribution >= 4 is 22.3 Å². The number of nitrogens with zero attached hydrogens (tertiary/aromatic N) is 2. The Morgan fingerprint density at radius 3 is 2.34 bits per heavy atom. The predicted octanol–water partition coefficient (Wildman–Crippen LogP) is 6.22. The molecule has 0 amide bonds. The molecule has 0 bridgehead atoms. The monoisotopic (exact) mass is 447 g/mol. The van der Waals surface area contributed by atoms with Gasteiger partial charge in [-0.05, 0) is 63.6 Å². The number of pyridine rings is 2. The molecule has 0 radical (unpaired) electrons. The number of halogens is 1. The van der Waals surface area contributed by atoms with Gasteiger partial charge in [0.2, 0.25) is 0 Å². The van der Waals surface area contributed by atoms with Gasteiger partial charge in [0.25, 0.3) is 0 Å². The summed E-state index contributed by atoms with van der Waals surface area (Å²) >= 11 is -1.29. The van der Waals surface area contributed by atoms with Crippen LogP contribution in [0.3, 0.4) is 0 Å². The number of aromatic nitrogens is 2. The molecule has 0 aliphatic rings. The molecule has 0 fully saturated rings. The quantitative estimate of drug-likeness (QED) is 0.369. The number of benzene rings is 2. The van der Waals surface area contributed by atoms with Crippen LogP contribution in [-0.4, -0.2) is 19.3 Å². The molecule has 6 heteroatoms. The Morgan fingerprint density at radius 2 is 1.69 bits per heavy atom. The second-order valence-electron chi connectivity index (χ2n) is 8.71. The van der Waals surface area contributed by atoms with Crippen LogP contribution in [0.25, 0.3) is 33.3 Å². The zero-order chi connectivity index (χ0) is 22.9. The van der Waals surface area contributed by atoms with E-state index in [0.29, 0.717) is 10.9 Å². The van der Waals surface area contributed by atoms with Crippen molar-refractivity contribution in [2.75, 3.05) is 0 Å². The Morgan fingerprint density at radius 1 is 0.969 bits per heavy atom. The molecule has 0 aliphatic heterocycles. The second kappa shape index (κ2) is 8.98. The van der Waals surface area contributed by atoms with Crippen molar-refractivity contribution in [3.8, 4) is 22.4 Å². The highest BCUT2D eigenvalue weighted by atomic mass is 32.2. The molecule has 164 valence electrons. The molecule has 4 rings (SSSR count). The molecule has 1 unspecified atom stereocenters. The Balaban J connectivity index is 2.04. The first-order valence-corrected chi connectivity index (χ1v) is 11.7. The summed E-state index contributed by atoms with van der Waals surface area (Å²) < 4.78 is 30.0. The number of rotatable bonds is 5. The van der Waals surface area contributed by atoms with Gasteiger partial charge in [0, 0.05) is 34.1 Å². The molecule has 0 spiro atoms. The van der Waals surface area contributed by atoms with Crippen LogP contribution >= 0.6 is 0 Å². The zero-order valence-electron chi connectivity index (χ0n) is 18.6. The van der Waals surface area contributed by atoms with Gasteiger partial charge in [-0.15, -0.1) is 4.72 Å². The fourth-order valence-corrected chi connectivity index (χ4v) is 4.42. The number of hydrogen-bond donors (Lipinski definition) is 1. The van der Waals surface area contributed by atoms with E-state index in [-0.39, 0.29) is 11.9 Å². The van der Waals surface area contributed by atoms with Gasteiger partial charge >= 0.3 is 0 Å².